The summed E-state index contributed by atoms with van der Waals surface area (Å²) in [4.78, 5) is 0. The van der Waals surface area contributed by atoms with Gasteiger partial charge in [0.2, 0.25) is 0 Å². The first kappa shape index (κ1) is 12.7. The summed E-state index contributed by atoms with van der Waals surface area (Å²) >= 11 is 0. The molecule has 0 aromatic carbocycles. The van der Waals surface area contributed by atoms with Crippen LogP contribution in [0, 0.1) is 24.2 Å². The van der Waals surface area contributed by atoms with Gasteiger partial charge in [-0.2, -0.15) is 10.4 Å². The van der Waals surface area contributed by atoms with Crippen LogP contribution in [-0.2, 0) is 6.54 Å². The second-order valence-corrected chi connectivity index (χ2v) is 6.08. The normalized spacial score (nSPS) is 30.4. The molecule has 4 nitrogen and oxygen atoms in total. The molecule has 1 aromatic rings. The van der Waals surface area contributed by atoms with Crippen LogP contribution in [0.15, 0.2) is 12.3 Å². The van der Waals surface area contributed by atoms with Crippen LogP contribution in [0.5, 0.6) is 0 Å². The van der Waals surface area contributed by atoms with Crippen LogP contribution < -0.4 is 5.32 Å². The largest absolute Gasteiger partial charge is 0.296 e. The highest BCUT2D eigenvalue weighted by Gasteiger charge is 2.45. The lowest BCUT2D eigenvalue weighted by atomic mass is 9.85. The van der Waals surface area contributed by atoms with Gasteiger partial charge >= 0.3 is 0 Å². The Morgan fingerprint density at radius 1 is 1.53 bits per heavy atom. The van der Waals surface area contributed by atoms with Gasteiger partial charge in [-0.05, 0) is 51.0 Å². The van der Waals surface area contributed by atoms with Crippen molar-refractivity contribution in [3.8, 4) is 6.07 Å². The van der Waals surface area contributed by atoms with Gasteiger partial charge in [-0.3, -0.25) is 10.00 Å². The van der Waals surface area contributed by atoms with Gasteiger partial charge in [0.1, 0.15) is 5.54 Å². The van der Waals surface area contributed by atoms with E-state index in [9.17, 15) is 5.26 Å². The maximum atomic E-state index is 9.64. The second kappa shape index (κ2) is 4.97. The van der Waals surface area contributed by atoms with E-state index in [1.165, 1.54) is 31.4 Å². The topological polar surface area (TPSA) is 53.6 Å². The molecule has 2 aliphatic rings. The molecule has 1 heterocycles. The van der Waals surface area contributed by atoms with Gasteiger partial charge < -0.3 is 0 Å². The van der Waals surface area contributed by atoms with Gasteiger partial charge in [-0.25, -0.2) is 0 Å². The number of aromatic nitrogens is 2. The molecule has 0 spiro atoms. The van der Waals surface area contributed by atoms with Crippen LogP contribution in [0.25, 0.3) is 0 Å². The van der Waals surface area contributed by atoms with Gasteiger partial charge in [0.25, 0.3) is 0 Å². The Morgan fingerprint density at radius 3 is 3.00 bits per heavy atom. The van der Waals surface area contributed by atoms with Crippen molar-refractivity contribution in [2.75, 3.05) is 0 Å². The minimum absolute atomic E-state index is 0.262. The average molecular weight is 258 g/mol. The zero-order valence-electron chi connectivity index (χ0n) is 11.6. The predicted molar refractivity (Wildman–Crippen MR) is 73.4 cm³/mol. The monoisotopic (exact) mass is 258 g/mol. The summed E-state index contributed by atoms with van der Waals surface area (Å²) in [6, 6.07) is 5.24. The molecule has 0 saturated heterocycles. The fourth-order valence-electron chi connectivity index (χ4n) is 3.34. The third-order valence-electron chi connectivity index (χ3n) is 4.68. The maximum Gasteiger partial charge on any atom is 0.109 e. The van der Waals surface area contributed by atoms with Crippen LogP contribution in [0.3, 0.4) is 0 Å². The van der Waals surface area contributed by atoms with E-state index in [1.54, 1.807) is 0 Å². The van der Waals surface area contributed by atoms with Gasteiger partial charge in [0.05, 0.1) is 6.07 Å². The lowest BCUT2D eigenvalue weighted by Gasteiger charge is -2.30. The number of hydrogen-bond acceptors (Lipinski definition) is 3. The average Bonchev–Trinajstić information content (AvgIpc) is 2.98. The number of nitrogens with one attached hydrogen (secondary N) is 1. The van der Waals surface area contributed by atoms with Crippen molar-refractivity contribution in [2.24, 2.45) is 5.92 Å². The molecule has 102 valence electrons. The first-order valence-electron chi connectivity index (χ1n) is 7.41. The van der Waals surface area contributed by atoms with Crippen LogP contribution in [0.1, 0.15) is 44.2 Å². The van der Waals surface area contributed by atoms with Crippen molar-refractivity contribution in [1.82, 2.24) is 15.1 Å². The lowest BCUT2D eigenvalue weighted by molar-refractivity contribution is 0.283. The van der Waals surface area contributed by atoms with Crippen LogP contribution in [-0.4, -0.2) is 21.4 Å². The highest BCUT2D eigenvalue weighted by atomic mass is 15.3. The second-order valence-electron chi connectivity index (χ2n) is 6.08. The SMILES string of the molecule is Cc1ccnn1CCC1CCCC1(C#N)NC1CC1. The quantitative estimate of drug-likeness (QED) is 0.882. The number of nitriles is 1. The Labute approximate surface area is 114 Å². The molecule has 2 atom stereocenters. The summed E-state index contributed by atoms with van der Waals surface area (Å²) in [5.74, 6) is 0.474. The van der Waals surface area contributed by atoms with Crippen LogP contribution >= 0.6 is 0 Å². The standard InChI is InChI=1S/C15H22N4/c1-12-6-9-17-19(12)10-7-13-3-2-8-15(13,11-16)18-14-4-5-14/h6,9,13-14,18H,2-5,7-8,10H2,1H3. The molecule has 4 heteroatoms. The van der Waals surface area contributed by atoms with Crippen molar-refractivity contribution in [3.05, 3.63) is 18.0 Å². The van der Waals surface area contributed by atoms with Crippen molar-refractivity contribution >= 4 is 0 Å². The third kappa shape index (κ3) is 2.52. The molecule has 0 amide bonds. The highest BCUT2D eigenvalue weighted by molar-refractivity contribution is 5.16. The van der Waals surface area contributed by atoms with Crippen LogP contribution in [0.4, 0.5) is 0 Å². The molecule has 0 bridgehead atoms. The first-order valence-corrected chi connectivity index (χ1v) is 7.41. The predicted octanol–water partition coefficient (Wildman–Crippen LogP) is 2.40. The molecule has 0 aliphatic heterocycles. The van der Waals surface area contributed by atoms with E-state index >= 15 is 0 Å². The maximum absolute atomic E-state index is 9.64. The van der Waals surface area contributed by atoms with Crippen molar-refractivity contribution in [1.29, 1.82) is 5.26 Å². The minimum Gasteiger partial charge on any atom is -0.296 e. The molecule has 1 aromatic heterocycles. The van der Waals surface area contributed by atoms with Gasteiger partial charge in [-0.15, -0.1) is 0 Å². The van der Waals surface area contributed by atoms with E-state index in [0.29, 0.717) is 12.0 Å². The summed E-state index contributed by atoms with van der Waals surface area (Å²) in [5, 5.41) is 17.6. The molecule has 2 saturated carbocycles. The summed E-state index contributed by atoms with van der Waals surface area (Å²) in [5.41, 5.74) is 0.943. The minimum atomic E-state index is -0.262. The smallest absolute Gasteiger partial charge is 0.109 e. The van der Waals surface area contributed by atoms with E-state index in [4.69, 9.17) is 0 Å². The van der Waals surface area contributed by atoms with Crippen molar-refractivity contribution in [3.63, 3.8) is 0 Å². The zero-order chi connectivity index (χ0) is 13.3. The fourth-order valence-corrected chi connectivity index (χ4v) is 3.34. The highest BCUT2D eigenvalue weighted by Crippen LogP contribution is 2.40. The van der Waals surface area contributed by atoms with E-state index < -0.39 is 0 Å². The summed E-state index contributed by atoms with van der Waals surface area (Å²) in [6.07, 6.45) is 8.76. The van der Waals surface area contributed by atoms with Crippen LogP contribution in [0.2, 0.25) is 0 Å². The van der Waals surface area contributed by atoms with Gasteiger partial charge in [0, 0.05) is 24.5 Å². The van der Waals surface area contributed by atoms with E-state index in [-0.39, 0.29) is 5.54 Å². The molecule has 2 unspecified atom stereocenters. The van der Waals surface area contributed by atoms with Gasteiger partial charge in [-0.1, -0.05) is 6.42 Å². The Bertz CT molecular complexity index is 483. The first-order chi connectivity index (χ1) is 9.23. The molecule has 0 radical (unpaired) electrons. The Morgan fingerprint density at radius 2 is 2.37 bits per heavy atom. The van der Waals surface area contributed by atoms with E-state index in [1.807, 2.05) is 12.3 Å². The fraction of sp³-hybridized carbons (Fsp3) is 0.733. The summed E-state index contributed by atoms with van der Waals surface area (Å²) in [7, 11) is 0. The number of rotatable bonds is 5. The zero-order valence-corrected chi connectivity index (χ0v) is 11.6. The molecular formula is C15H22N4. The van der Waals surface area contributed by atoms with E-state index in [2.05, 4.69) is 28.1 Å². The van der Waals surface area contributed by atoms with E-state index in [0.717, 1.165) is 19.4 Å². The Balaban J connectivity index is 1.65. The molecule has 2 fully saturated rings. The molecule has 19 heavy (non-hydrogen) atoms. The number of aryl methyl sites for hydroxylation is 2. The number of hydrogen-bond donors (Lipinski definition) is 1. The lowest BCUT2D eigenvalue weighted by Crippen LogP contribution is -2.48. The Hall–Kier alpha value is -1.34. The number of nitrogens with zero attached hydrogens (tertiary/aromatic N) is 3. The molecule has 1 N–H and O–H groups in total. The van der Waals surface area contributed by atoms with Crippen molar-refractivity contribution in [2.45, 2.75) is 63.6 Å². The van der Waals surface area contributed by atoms with Gasteiger partial charge in [0.15, 0.2) is 0 Å². The molecule has 3 rings (SSSR count). The molecular weight excluding hydrogens is 236 g/mol. The Kier molecular flexibility index (Phi) is 3.32. The third-order valence-corrected chi connectivity index (χ3v) is 4.68. The summed E-state index contributed by atoms with van der Waals surface area (Å²) < 4.78 is 2.05. The molecule has 2 aliphatic carbocycles. The summed E-state index contributed by atoms with van der Waals surface area (Å²) in [6.45, 7) is 3.01. The van der Waals surface area contributed by atoms with Crippen molar-refractivity contribution < 1.29 is 0 Å².